The van der Waals surface area contributed by atoms with Crippen molar-refractivity contribution in [3.8, 4) is 5.69 Å². The highest BCUT2D eigenvalue weighted by atomic mass is 32.1. The molecule has 0 aliphatic carbocycles. The number of hydrogen-bond donors (Lipinski definition) is 1. The summed E-state index contributed by atoms with van der Waals surface area (Å²) in [4.78, 5) is 4.43. The van der Waals surface area contributed by atoms with Gasteiger partial charge in [0.15, 0.2) is 0 Å². The van der Waals surface area contributed by atoms with Gasteiger partial charge in [0, 0.05) is 24.7 Å². The van der Waals surface area contributed by atoms with E-state index in [-0.39, 0.29) is 0 Å². The first kappa shape index (κ1) is 13.0. The first-order valence-electron chi connectivity index (χ1n) is 6.53. The second-order valence-corrected chi connectivity index (χ2v) is 5.61. The minimum absolute atomic E-state index is 0.746. The number of para-hydroxylation sites is 1. The van der Waals surface area contributed by atoms with E-state index in [1.54, 1.807) is 11.3 Å². The zero-order valence-electron chi connectivity index (χ0n) is 11.3. The summed E-state index contributed by atoms with van der Waals surface area (Å²) >= 11 is 1.68. The van der Waals surface area contributed by atoms with Gasteiger partial charge in [-0.3, -0.25) is 0 Å². The van der Waals surface area contributed by atoms with Crippen LogP contribution in [0.2, 0.25) is 0 Å². The summed E-state index contributed by atoms with van der Waals surface area (Å²) in [5.74, 6) is 0. The maximum absolute atomic E-state index is 4.55. The van der Waals surface area contributed by atoms with Crippen molar-refractivity contribution in [2.45, 2.75) is 20.0 Å². The number of nitrogens with zero attached hydrogens (tertiary/aromatic N) is 3. The fourth-order valence-electron chi connectivity index (χ4n) is 1.99. The first-order chi connectivity index (χ1) is 9.81. The fourth-order valence-corrected chi connectivity index (χ4v) is 2.60. The van der Waals surface area contributed by atoms with Gasteiger partial charge in [0.1, 0.15) is 0 Å². The maximum atomic E-state index is 4.55. The van der Waals surface area contributed by atoms with E-state index in [9.17, 15) is 0 Å². The van der Waals surface area contributed by atoms with E-state index in [1.807, 2.05) is 54.2 Å². The van der Waals surface area contributed by atoms with E-state index in [1.165, 1.54) is 0 Å². The lowest BCUT2D eigenvalue weighted by Gasteiger charge is -2.01. The molecule has 0 atom stereocenters. The molecule has 0 aliphatic rings. The highest BCUT2D eigenvalue weighted by Gasteiger charge is 2.02. The molecule has 0 radical (unpaired) electrons. The molecule has 3 rings (SSSR count). The third-order valence-electron chi connectivity index (χ3n) is 2.94. The van der Waals surface area contributed by atoms with E-state index < -0.39 is 0 Å². The lowest BCUT2D eigenvalue weighted by molar-refractivity contribution is 0.660. The summed E-state index contributed by atoms with van der Waals surface area (Å²) in [5, 5.41) is 11.1. The quantitative estimate of drug-likeness (QED) is 0.783. The number of rotatable bonds is 5. The van der Waals surface area contributed by atoms with Gasteiger partial charge in [-0.25, -0.2) is 9.67 Å². The number of thiazole rings is 1. The largest absolute Gasteiger partial charge is 0.305 e. The lowest BCUT2D eigenvalue weighted by atomic mass is 10.3. The minimum atomic E-state index is 0.746. The molecule has 3 aromatic rings. The van der Waals surface area contributed by atoms with Gasteiger partial charge in [-0.15, -0.1) is 11.3 Å². The average Bonchev–Trinajstić information content (AvgIpc) is 3.09. The van der Waals surface area contributed by atoms with Crippen molar-refractivity contribution in [3.05, 3.63) is 64.4 Å². The van der Waals surface area contributed by atoms with Gasteiger partial charge >= 0.3 is 0 Å². The Balaban J connectivity index is 1.58. The Kier molecular flexibility index (Phi) is 3.90. The molecule has 1 N–H and O–H groups in total. The molecule has 0 spiro atoms. The van der Waals surface area contributed by atoms with Crippen LogP contribution in [0.1, 0.15) is 16.4 Å². The molecule has 20 heavy (non-hydrogen) atoms. The Morgan fingerprint density at radius 1 is 1.10 bits per heavy atom. The van der Waals surface area contributed by atoms with Crippen LogP contribution in [-0.2, 0) is 13.1 Å². The van der Waals surface area contributed by atoms with E-state index >= 15 is 0 Å². The molecule has 0 aliphatic heterocycles. The van der Waals surface area contributed by atoms with Crippen molar-refractivity contribution in [1.82, 2.24) is 20.1 Å². The number of aryl methyl sites for hydroxylation is 1. The van der Waals surface area contributed by atoms with Gasteiger partial charge in [0.05, 0.1) is 22.1 Å². The Bertz CT molecular complexity index is 672. The van der Waals surface area contributed by atoms with Gasteiger partial charge in [-0.05, 0) is 25.1 Å². The monoisotopic (exact) mass is 284 g/mol. The van der Waals surface area contributed by atoms with Crippen LogP contribution < -0.4 is 5.32 Å². The molecule has 0 bridgehead atoms. The average molecular weight is 284 g/mol. The Labute approximate surface area is 122 Å². The SMILES string of the molecule is Cc1nc(CNCc2ccn(-c3ccccc3)n2)cs1. The number of nitrogens with one attached hydrogen (secondary N) is 1. The topological polar surface area (TPSA) is 42.7 Å². The lowest BCUT2D eigenvalue weighted by Crippen LogP contribution is -2.13. The standard InChI is InChI=1S/C15H16N4S/c1-12-17-14(11-20-12)10-16-9-13-7-8-19(18-13)15-5-3-2-4-6-15/h2-8,11,16H,9-10H2,1H3. The van der Waals surface area contributed by atoms with Crippen LogP contribution in [0.4, 0.5) is 0 Å². The van der Waals surface area contributed by atoms with E-state index in [0.717, 1.165) is 35.2 Å². The van der Waals surface area contributed by atoms with E-state index in [4.69, 9.17) is 0 Å². The molecule has 2 heterocycles. The summed E-state index contributed by atoms with van der Waals surface area (Å²) in [6, 6.07) is 12.2. The molecule has 0 fully saturated rings. The van der Waals surface area contributed by atoms with Crippen LogP contribution in [0.3, 0.4) is 0 Å². The smallest absolute Gasteiger partial charge is 0.0897 e. The van der Waals surface area contributed by atoms with E-state index in [2.05, 4.69) is 20.8 Å². The van der Waals surface area contributed by atoms with Gasteiger partial charge in [-0.1, -0.05) is 18.2 Å². The molecular weight excluding hydrogens is 268 g/mol. The molecule has 0 saturated heterocycles. The van der Waals surface area contributed by atoms with Crippen molar-refractivity contribution in [2.24, 2.45) is 0 Å². The molecule has 1 aromatic carbocycles. The first-order valence-corrected chi connectivity index (χ1v) is 7.41. The summed E-state index contributed by atoms with van der Waals surface area (Å²) in [6.45, 7) is 3.55. The van der Waals surface area contributed by atoms with Crippen LogP contribution in [0, 0.1) is 6.92 Å². The van der Waals surface area contributed by atoms with Crippen molar-refractivity contribution >= 4 is 11.3 Å². The van der Waals surface area contributed by atoms with Crippen molar-refractivity contribution in [2.75, 3.05) is 0 Å². The van der Waals surface area contributed by atoms with Gasteiger partial charge in [0.25, 0.3) is 0 Å². The zero-order valence-corrected chi connectivity index (χ0v) is 12.1. The van der Waals surface area contributed by atoms with Gasteiger partial charge in [-0.2, -0.15) is 5.10 Å². The summed E-state index contributed by atoms with van der Waals surface area (Å²) in [6.07, 6.45) is 1.99. The molecule has 5 heteroatoms. The Morgan fingerprint density at radius 2 is 1.90 bits per heavy atom. The van der Waals surface area contributed by atoms with Crippen molar-refractivity contribution in [3.63, 3.8) is 0 Å². The fraction of sp³-hybridized carbons (Fsp3) is 0.200. The molecular formula is C15H16N4S. The second-order valence-electron chi connectivity index (χ2n) is 4.55. The minimum Gasteiger partial charge on any atom is -0.305 e. The molecule has 102 valence electrons. The van der Waals surface area contributed by atoms with Crippen LogP contribution >= 0.6 is 11.3 Å². The van der Waals surface area contributed by atoms with Crippen LogP contribution in [-0.4, -0.2) is 14.8 Å². The van der Waals surface area contributed by atoms with Crippen LogP contribution in [0.15, 0.2) is 48.0 Å². The molecule has 2 aromatic heterocycles. The van der Waals surface area contributed by atoms with Gasteiger partial charge in [0.2, 0.25) is 0 Å². The highest BCUT2D eigenvalue weighted by Crippen LogP contribution is 2.09. The molecule has 0 saturated carbocycles. The zero-order chi connectivity index (χ0) is 13.8. The Hall–Kier alpha value is -1.98. The second kappa shape index (κ2) is 5.98. The molecule has 4 nitrogen and oxygen atoms in total. The number of hydrogen-bond acceptors (Lipinski definition) is 4. The normalized spacial score (nSPS) is 10.8. The molecule has 0 unspecified atom stereocenters. The molecule has 0 amide bonds. The Morgan fingerprint density at radius 3 is 2.65 bits per heavy atom. The predicted molar refractivity (Wildman–Crippen MR) is 81.0 cm³/mol. The maximum Gasteiger partial charge on any atom is 0.0897 e. The van der Waals surface area contributed by atoms with Crippen molar-refractivity contribution < 1.29 is 0 Å². The third-order valence-corrected chi connectivity index (χ3v) is 3.77. The van der Waals surface area contributed by atoms with E-state index in [0.29, 0.717) is 0 Å². The number of benzene rings is 1. The van der Waals surface area contributed by atoms with Gasteiger partial charge < -0.3 is 5.32 Å². The predicted octanol–water partition coefficient (Wildman–Crippen LogP) is 2.93. The summed E-state index contributed by atoms with van der Waals surface area (Å²) < 4.78 is 1.89. The van der Waals surface area contributed by atoms with Crippen LogP contribution in [0.5, 0.6) is 0 Å². The highest BCUT2D eigenvalue weighted by molar-refractivity contribution is 7.09. The summed E-state index contributed by atoms with van der Waals surface area (Å²) in [5.41, 5.74) is 3.20. The van der Waals surface area contributed by atoms with Crippen molar-refractivity contribution in [1.29, 1.82) is 0 Å². The number of aromatic nitrogens is 3. The third kappa shape index (κ3) is 3.12. The van der Waals surface area contributed by atoms with Crippen LogP contribution in [0.25, 0.3) is 5.69 Å². The summed E-state index contributed by atoms with van der Waals surface area (Å²) in [7, 11) is 0.